The zero-order valence-electron chi connectivity index (χ0n) is 4.86. The molecule has 0 aromatic rings. The Balaban J connectivity index is -0.0000000800. The fourth-order valence-electron chi connectivity index (χ4n) is 0. The number of hydrogen-bond acceptors (Lipinski definition) is 2. The van der Waals surface area contributed by atoms with Crippen molar-refractivity contribution in [2.75, 3.05) is 0 Å². The minimum atomic E-state index is -0.525. The van der Waals surface area contributed by atoms with Gasteiger partial charge in [-0.3, -0.25) is 4.79 Å². The van der Waals surface area contributed by atoms with Gasteiger partial charge in [0.2, 0.25) is 0 Å². The summed E-state index contributed by atoms with van der Waals surface area (Å²) in [4.78, 5) is 17.4. The molecule has 32 valence electrons. The molecule has 0 aliphatic heterocycles. The number of carbonyl (C=O) groups excluding carboxylic acids is 1. The topological polar surface area (TPSA) is 37.3 Å². The summed E-state index contributed by atoms with van der Waals surface area (Å²) in [6.07, 6.45) is 0. The van der Waals surface area contributed by atoms with Gasteiger partial charge < -0.3 is 6.32 Å². The first-order valence-electron chi connectivity index (χ1n) is 1.18. The number of rotatable bonds is 1. The zero-order chi connectivity index (χ0) is 4.28. The van der Waals surface area contributed by atoms with E-state index in [0.717, 1.165) is 0 Å². The van der Waals surface area contributed by atoms with Crippen molar-refractivity contribution in [2.24, 2.45) is 0 Å². The van der Waals surface area contributed by atoms with E-state index in [-0.39, 0.29) is 25.8 Å². The molecule has 1 N–H and O–H groups in total. The van der Waals surface area contributed by atoms with E-state index in [9.17, 15) is 4.79 Å². The quantitative estimate of drug-likeness (QED) is 0.286. The van der Waals surface area contributed by atoms with Gasteiger partial charge in [-0.05, 0) is 0 Å². The average Bonchev–Trinajstić information content (AvgIpc) is 1.38. The first kappa shape index (κ1) is 9.82. The molecule has 0 saturated carbocycles. The van der Waals surface area contributed by atoms with Gasteiger partial charge in [-0.1, -0.05) is 0 Å². The van der Waals surface area contributed by atoms with E-state index in [1.54, 1.807) is 0 Å². The summed E-state index contributed by atoms with van der Waals surface area (Å²) >= 11 is 0. The molecule has 0 spiro atoms. The molecule has 0 aromatic heterocycles. The SMILES string of the molecule is CC(=O)PO.[H-].[Li+]. The van der Waals surface area contributed by atoms with Crippen LogP contribution in [0.15, 0.2) is 0 Å². The molecule has 1 unspecified atom stereocenters. The van der Waals surface area contributed by atoms with Gasteiger partial charge in [0.05, 0.1) is 8.81 Å². The maximum absolute atomic E-state index is 9.57. The summed E-state index contributed by atoms with van der Waals surface area (Å²) in [5, 5.41) is 0. The molecule has 0 heterocycles. The second-order valence-electron chi connectivity index (χ2n) is 0.668. The van der Waals surface area contributed by atoms with Crippen molar-refractivity contribution < 1.29 is 30.0 Å². The first-order chi connectivity index (χ1) is 2.27. The van der Waals surface area contributed by atoms with Gasteiger partial charge in [-0.15, -0.1) is 0 Å². The maximum atomic E-state index is 9.57. The largest absolute Gasteiger partial charge is 1.00 e. The predicted octanol–water partition coefficient (Wildman–Crippen LogP) is -2.76. The molecule has 6 heavy (non-hydrogen) atoms. The molecule has 4 heteroatoms. The van der Waals surface area contributed by atoms with Crippen LogP contribution in [0.2, 0.25) is 0 Å². The van der Waals surface area contributed by atoms with Crippen molar-refractivity contribution in [2.45, 2.75) is 6.92 Å². The zero-order valence-corrected chi connectivity index (χ0v) is 4.86. The number of carbonyl (C=O) groups is 1. The summed E-state index contributed by atoms with van der Waals surface area (Å²) in [7, 11) is -0.525. The summed E-state index contributed by atoms with van der Waals surface area (Å²) in [6.45, 7) is 1.35. The Bertz CT molecular complexity index is 51.0. The van der Waals surface area contributed by atoms with E-state index in [1.165, 1.54) is 6.92 Å². The third-order valence-corrected chi connectivity index (χ3v) is 0.472. The van der Waals surface area contributed by atoms with Crippen LogP contribution in [-0.2, 0) is 4.79 Å². The molecular weight excluding hydrogens is 93.9 g/mol. The van der Waals surface area contributed by atoms with Gasteiger partial charge in [0.25, 0.3) is 0 Å². The van der Waals surface area contributed by atoms with Gasteiger partial charge in [0.1, 0.15) is 0 Å². The van der Waals surface area contributed by atoms with Gasteiger partial charge in [0, 0.05) is 6.92 Å². The second kappa shape index (κ2) is 5.66. The monoisotopic (exact) mass is 100 g/mol. The van der Waals surface area contributed by atoms with Crippen molar-refractivity contribution in [3.8, 4) is 0 Å². The van der Waals surface area contributed by atoms with Crippen LogP contribution in [0.5, 0.6) is 0 Å². The fraction of sp³-hybridized carbons (Fsp3) is 0.500. The van der Waals surface area contributed by atoms with Crippen LogP contribution in [0.1, 0.15) is 8.35 Å². The van der Waals surface area contributed by atoms with E-state index in [2.05, 4.69) is 0 Å². The minimum Gasteiger partial charge on any atom is -1.00 e. The Labute approximate surface area is 51.8 Å². The summed E-state index contributed by atoms with van der Waals surface area (Å²) in [5.74, 6) is 0. The maximum Gasteiger partial charge on any atom is 1.00 e. The molecule has 0 saturated heterocycles. The number of hydrogen-bond donors (Lipinski definition) is 1. The Morgan fingerprint density at radius 3 is 2.17 bits per heavy atom. The Hall–Kier alpha value is 0.657. The Morgan fingerprint density at radius 2 is 2.17 bits per heavy atom. The van der Waals surface area contributed by atoms with Crippen LogP contribution in [-0.4, -0.2) is 10.4 Å². The van der Waals surface area contributed by atoms with Crippen LogP contribution in [0.4, 0.5) is 0 Å². The van der Waals surface area contributed by atoms with Gasteiger partial charge in [-0.2, -0.15) is 0 Å². The van der Waals surface area contributed by atoms with Crippen LogP contribution >= 0.6 is 8.81 Å². The Morgan fingerprint density at radius 1 is 2.00 bits per heavy atom. The molecule has 0 radical (unpaired) electrons. The van der Waals surface area contributed by atoms with E-state index in [1.807, 2.05) is 0 Å². The van der Waals surface area contributed by atoms with Gasteiger partial charge >= 0.3 is 18.9 Å². The van der Waals surface area contributed by atoms with Crippen LogP contribution in [0, 0.1) is 0 Å². The molecular formula is C2H6LiO2P. The third kappa shape index (κ3) is 8.82. The van der Waals surface area contributed by atoms with Crippen molar-refractivity contribution >= 4 is 14.3 Å². The molecule has 0 fully saturated rings. The Kier molecular flexibility index (Phi) is 9.26. The molecule has 0 aliphatic carbocycles. The molecule has 2 nitrogen and oxygen atoms in total. The van der Waals surface area contributed by atoms with Gasteiger partial charge in [0.15, 0.2) is 5.52 Å². The summed E-state index contributed by atoms with van der Waals surface area (Å²) in [6, 6.07) is 0. The van der Waals surface area contributed by atoms with Crippen molar-refractivity contribution in [3.63, 3.8) is 0 Å². The molecule has 0 aromatic carbocycles. The second-order valence-corrected chi connectivity index (χ2v) is 1.60. The first-order valence-corrected chi connectivity index (χ1v) is 2.12. The fourth-order valence-corrected chi connectivity index (χ4v) is 0. The summed E-state index contributed by atoms with van der Waals surface area (Å²) in [5.41, 5.74) is -0.162. The molecule has 0 aliphatic rings. The van der Waals surface area contributed by atoms with Crippen molar-refractivity contribution in [3.05, 3.63) is 0 Å². The summed E-state index contributed by atoms with van der Waals surface area (Å²) < 4.78 is 0. The van der Waals surface area contributed by atoms with Crippen molar-refractivity contribution in [1.82, 2.24) is 0 Å². The van der Waals surface area contributed by atoms with Crippen LogP contribution in [0.3, 0.4) is 0 Å². The average molecular weight is 100.0 g/mol. The van der Waals surface area contributed by atoms with Crippen molar-refractivity contribution in [1.29, 1.82) is 0 Å². The predicted molar refractivity (Wildman–Crippen MR) is 22.3 cm³/mol. The van der Waals surface area contributed by atoms with Crippen LogP contribution < -0.4 is 18.9 Å². The minimum absolute atomic E-state index is 0. The van der Waals surface area contributed by atoms with E-state index in [4.69, 9.17) is 4.89 Å². The van der Waals surface area contributed by atoms with Gasteiger partial charge in [-0.25, -0.2) is 0 Å². The standard InChI is InChI=1S/C2H5O2P.Li.H/c1-2(3)5-4;;/h4-5H,1H3;;/q;+1;-1. The van der Waals surface area contributed by atoms with Crippen LogP contribution in [0.25, 0.3) is 0 Å². The molecule has 1 atom stereocenters. The molecule has 0 amide bonds. The van der Waals surface area contributed by atoms with E-state index in [0.29, 0.717) is 0 Å². The smallest absolute Gasteiger partial charge is 1.00 e. The molecule has 0 rings (SSSR count). The normalized spacial score (nSPS) is 8.33. The third-order valence-electron chi connectivity index (χ3n) is 0.157. The van der Waals surface area contributed by atoms with E-state index < -0.39 is 8.81 Å². The van der Waals surface area contributed by atoms with E-state index >= 15 is 0 Å². The molecule has 0 bridgehead atoms.